The van der Waals surface area contributed by atoms with Crippen molar-refractivity contribution in [3.05, 3.63) is 47.2 Å². The first-order valence-electron chi connectivity index (χ1n) is 7.58. The molecule has 1 aliphatic rings. The van der Waals surface area contributed by atoms with Crippen LogP contribution in [-0.4, -0.2) is 27.7 Å². The molecule has 7 heteroatoms. The fourth-order valence-electron chi connectivity index (χ4n) is 3.10. The second-order valence-corrected chi connectivity index (χ2v) is 6.37. The zero-order valence-electron chi connectivity index (χ0n) is 13.6. The van der Waals surface area contributed by atoms with Crippen LogP contribution in [0, 0.1) is 0 Å². The van der Waals surface area contributed by atoms with Crippen LogP contribution in [0.3, 0.4) is 0 Å². The van der Waals surface area contributed by atoms with E-state index >= 15 is 0 Å². The molecule has 1 aromatic heterocycles. The SMILES string of the molecule is [B]C1([B])c2ccc(C(F)(F)F)nc2-c2cccc(C(C)C)c2N1C. The zero-order valence-corrected chi connectivity index (χ0v) is 13.6. The number of benzene rings is 1. The first-order valence-corrected chi connectivity index (χ1v) is 7.58. The smallest absolute Gasteiger partial charge is 0.381 e. The molecule has 0 spiro atoms. The summed E-state index contributed by atoms with van der Waals surface area (Å²) in [5.41, 5.74) is 1.88. The standard InChI is InChI=1S/C17H15B2F3N2/c1-9(2)10-5-4-6-11-14-12(16(18,19)24(3)15(10)11)7-8-13(23-14)17(20,21)22/h4-9H,1-3H3. The monoisotopic (exact) mass is 326 g/mol. The van der Waals surface area contributed by atoms with Crippen molar-refractivity contribution in [1.82, 2.24) is 4.98 Å². The lowest BCUT2D eigenvalue weighted by Crippen LogP contribution is -2.48. The lowest BCUT2D eigenvalue weighted by Gasteiger charge is -2.46. The molecule has 2 nitrogen and oxygen atoms in total. The quantitative estimate of drug-likeness (QED) is 0.742. The van der Waals surface area contributed by atoms with Gasteiger partial charge in [0.15, 0.2) is 0 Å². The number of anilines is 1. The van der Waals surface area contributed by atoms with Crippen LogP contribution in [0.15, 0.2) is 30.3 Å². The summed E-state index contributed by atoms with van der Waals surface area (Å²) < 4.78 is 39.2. The van der Waals surface area contributed by atoms with Gasteiger partial charge in [0, 0.05) is 18.3 Å². The maximum absolute atomic E-state index is 13.1. The normalized spacial score (nSPS) is 16.0. The summed E-state index contributed by atoms with van der Waals surface area (Å²) in [6.45, 7) is 4.01. The molecule has 1 aliphatic heterocycles. The topological polar surface area (TPSA) is 16.1 Å². The second kappa shape index (κ2) is 5.30. The van der Waals surface area contributed by atoms with E-state index in [2.05, 4.69) is 4.98 Å². The van der Waals surface area contributed by atoms with Crippen molar-refractivity contribution >= 4 is 21.4 Å². The van der Waals surface area contributed by atoms with Crippen molar-refractivity contribution in [3.8, 4) is 11.3 Å². The van der Waals surface area contributed by atoms with Gasteiger partial charge < -0.3 is 4.90 Å². The summed E-state index contributed by atoms with van der Waals surface area (Å²) in [5.74, 6) is 0.158. The van der Waals surface area contributed by atoms with Crippen LogP contribution < -0.4 is 4.90 Å². The Morgan fingerprint density at radius 3 is 2.38 bits per heavy atom. The number of alkyl halides is 3. The fraction of sp³-hybridized carbons (Fsp3) is 0.353. The summed E-state index contributed by atoms with van der Waals surface area (Å²) in [5, 5.41) is -1.44. The van der Waals surface area contributed by atoms with Crippen LogP contribution in [0.1, 0.15) is 36.6 Å². The summed E-state index contributed by atoms with van der Waals surface area (Å²) in [4.78, 5) is 5.55. The van der Waals surface area contributed by atoms with Gasteiger partial charge in [0.2, 0.25) is 0 Å². The molecular formula is C17H15B2F3N2. The third kappa shape index (κ3) is 2.41. The fourth-order valence-corrected chi connectivity index (χ4v) is 3.10. The Bertz CT molecular complexity index is 801. The van der Waals surface area contributed by atoms with E-state index in [0.29, 0.717) is 11.1 Å². The van der Waals surface area contributed by atoms with E-state index in [9.17, 15) is 13.2 Å². The first kappa shape index (κ1) is 16.9. The lowest BCUT2D eigenvalue weighted by atomic mass is 9.54. The van der Waals surface area contributed by atoms with Crippen molar-refractivity contribution < 1.29 is 13.2 Å². The van der Waals surface area contributed by atoms with E-state index in [1.54, 1.807) is 18.0 Å². The minimum absolute atomic E-state index is 0.158. The average molecular weight is 326 g/mol. The Morgan fingerprint density at radius 2 is 1.79 bits per heavy atom. The molecular weight excluding hydrogens is 311 g/mol. The Kier molecular flexibility index (Phi) is 3.74. The minimum Gasteiger partial charge on any atom is -0.381 e. The predicted octanol–water partition coefficient (Wildman–Crippen LogP) is 3.79. The van der Waals surface area contributed by atoms with E-state index in [-0.39, 0.29) is 11.6 Å². The largest absolute Gasteiger partial charge is 0.433 e. The third-order valence-corrected chi connectivity index (χ3v) is 4.45. The molecule has 0 aliphatic carbocycles. The summed E-state index contributed by atoms with van der Waals surface area (Å²) in [6, 6.07) is 7.71. The van der Waals surface area contributed by atoms with Gasteiger partial charge in [-0.15, -0.1) is 0 Å². The van der Waals surface area contributed by atoms with Gasteiger partial charge in [-0.25, -0.2) is 4.98 Å². The van der Waals surface area contributed by atoms with Crippen molar-refractivity contribution in [3.63, 3.8) is 0 Å². The van der Waals surface area contributed by atoms with Gasteiger partial charge in [0.05, 0.1) is 21.4 Å². The van der Waals surface area contributed by atoms with Gasteiger partial charge >= 0.3 is 6.18 Å². The highest BCUT2D eigenvalue weighted by Crippen LogP contribution is 2.47. The van der Waals surface area contributed by atoms with Crippen LogP contribution in [0.2, 0.25) is 0 Å². The predicted molar refractivity (Wildman–Crippen MR) is 90.4 cm³/mol. The van der Waals surface area contributed by atoms with Crippen molar-refractivity contribution in [2.75, 3.05) is 11.9 Å². The van der Waals surface area contributed by atoms with E-state index < -0.39 is 17.2 Å². The molecule has 0 unspecified atom stereocenters. The number of fused-ring (bicyclic) bond motifs is 3. The number of pyridine rings is 1. The molecule has 120 valence electrons. The number of hydrogen-bond donors (Lipinski definition) is 0. The highest BCUT2D eigenvalue weighted by Gasteiger charge is 2.39. The van der Waals surface area contributed by atoms with E-state index in [4.69, 9.17) is 15.7 Å². The lowest BCUT2D eigenvalue weighted by molar-refractivity contribution is -0.141. The van der Waals surface area contributed by atoms with Crippen molar-refractivity contribution in [2.24, 2.45) is 0 Å². The van der Waals surface area contributed by atoms with Crippen molar-refractivity contribution in [1.29, 1.82) is 0 Å². The number of nitrogens with zero attached hydrogens (tertiary/aromatic N) is 2. The molecule has 4 radical (unpaired) electrons. The van der Waals surface area contributed by atoms with E-state index in [0.717, 1.165) is 17.3 Å². The molecule has 2 aromatic rings. The number of halogens is 3. The minimum atomic E-state index is -4.53. The van der Waals surface area contributed by atoms with Gasteiger partial charge in [-0.1, -0.05) is 38.1 Å². The molecule has 1 aromatic carbocycles. The van der Waals surface area contributed by atoms with Crippen LogP contribution >= 0.6 is 0 Å². The molecule has 0 amide bonds. The van der Waals surface area contributed by atoms with Gasteiger partial charge in [0.1, 0.15) is 5.69 Å². The number of rotatable bonds is 1. The van der Waals surface area contributed by atoms with Crippen LogP contribution in [-0.2, 0) is 11.5 Å². The maximum Gasteiger partial charge on any atom is 0.433 e. The number of para-hydroxylation sites is 1. The molecule has 2 heterocycles. The molecule has 0 atom stereocenters. The molecule has 0 bridgehead atoms. The van der Waals surface area contributed by atoms with Gasteiger partial charge in [0.25, 0.3) is 0 Å². The number of aromatic nitrogens is 1. The summed E-state index contributed by atoms with van der Waals surface area (Å²) in [6.07, 6.45) is -4.53. The highest BCUT2D eigenvalue weighted by molar-refractivity contribution is 6.42. The Hall–Kier alpha value is -1.91. The Labute approximate surface area is 141 Å². The molecule has 0 N–H and O–H groups in total. The van der Waals surface area contributed by atoms with Crippen LogP contribution in [0.5, 0.6) is 0 Å². The first-order chi connectivity index (χ1) is 11.0. The summed E-state index contributed by atoms with van der Waals surface area (Å²) in [7, 11) is 14.3. The average Bonchev–Trinajstić information content (AvgIpc) is 2.50. The van der Waals surface area contributed by atoms with Gasteiger partial charge in [-0.3, -0.25) is 0 Å². The van der Waals surface area contributed by atoms with Crippen LogP contribution in [0.4, 0.5) is 18.9 Å². The highest BCUT2D eigenvalue weighted by atomic mass is 19.4. The van der Waals surface area contributed by atoms with Crippen molar-refractivity contribution in [2.45, 2.75) is 31.3 Å². The molecule has 0 saturated heterocycles. The molecule has 0 saturated carbocycles. The zero-order chi connectivity index (χ0) is 17.9. The van der Waals surface area contributed by atoms with E-state index in [1.807, 2.05) is 26.0 Å². The molecule has 24 heavy (non-hydrogen) atoms. The summed E-state index contributed by atoms with van der Waals surface area (Å²) >= 11 is 0. The van der Waals surface area contributed by atoms with E-state index in [1.165, 1.54) is 6.07 Å². The molecule has 0 fully saturated rings. The molecule has 3 rings (SSSR count). The number of hydrogen-bond acceptors (Lipinski definition) is 2. The Morgan fingerprint density at radius 1 is 1.12 bits per heavy atom. The van der Waals surface area contributed by atoms with Gasteiger partial charge in [-0.2, -0.15) is 13.2 Å². The third-order valence-electron chi connectivity index (χ3n) is 4.45. The van der Waals surface area contributed by atoms with Crippen LogP contribution in [0.25, 0.3) is 11.3 Å². The second-order valence-electron chi connectivity index (χ2n) is 6.37. The Balaban J connectivity index is 2.36. The maximum atomic E-state index is 13.1. The van der Waals surface area contributed by atoms with Gasteiger partial charge in [-0.05, 0) is 28.4 Å².